The molecule has 0 saturated carbocycles. The van der Waals surface area contributed by atoms with Crippen LogP contribution in [0.2, 0.25) is 0 Å². The summed E-state index contributed by atoms with van der Waals surface area (Å²) >= 11 is 12.8. The second-order valence-electron chi connectivity index (χ2n) is 3.62. The van der Waals surface area contributed by atoms with Crippen LogP contribution in [0, 0.1) is 0 Å². The first-order valence-corrected chi connectivity index (χ1v) is 6.65. The van der Waals surface area contributed by atoms with Gasteiger partial charge in [0.05, 0.1) is 16.3 Å². The van der Waals surface area contributed by atoms with Crippen LogP contribution in [0.3, 0.4) is 0 Å². The van der Waals surface area contributed by atoms with Crippen molar-refractivity contribution in [2.75, 3.05) is 4.31 Å². The molecule has 1 aromatic rings. The number of carboxylic acid groups (broad SMARTS) is 1. The van der Waals surface area contributed by atoms with Gasteiger partial charge in [0.25, 0.3) is 5.91 Å². The van der Waals surface area contributed by atoms with E-state index < -0.39 is 17.4 Å². The van der Waals surface area contributed by atoms with E-state index in [-0.39, 0.29) is 15.5 Å². The molecule has 19 heavy (non-hydrogen) atoms. The zero-order valence-electron chi connectivity index (χ0n) is 9.34. The van der Waals surface area contributed by atoms with Gasteiger partial charge in [-0.25, -0.2) is 4.79 Å². The van der Waals surface area contributed by atoms with Crippen LogP contribution in [-0.4, -0.2) is 22.5 Å². The van der Waals surface area contributed by atoms with Gasteiger partial charge in [-0.15, -0.1) is 0 Å². The van der Waals surface area contributed by atoms with Gasteiger partial charge in [0.15, 0.2) is 5.50 Å². The first-order valence-electron chi connectivity index (χ1n) is 5.06. The Balaban J connectivity index is 2.42. The molecule has 0 fully saturated rings. The summed E-state index contributed by atoms with van der Waals surface area (Å²) in [6.45, 7) is 0. The van der Waals surface area contributed by atoms with Crippen LogP contribution >= 0.6 is 35.1 Å². The minimum Gasteiger partial charge on any atom is -0.477 e. The monoisotopic (exact) mass is 318 g/mol. The highest BCUT2D eigenvalue weighted by molar-refractivity contribution is 8.05. The van der Waals surface area contributed by atoms with Crippen molar-refractivity contribution in [1.29, 1.82) is 0 Å². The number of carbonyl (C=O) groups excluding carboxylic acids is 1. The molecule has 8 heteroatoms. The van der Waals surface area contributed by atoms with Crippen LogP contribution in [0.15, 0.2) is 34.2 Å². The third-order valence-corrected chi connectivity index (χ3v) is 4.75. The first-order chi connectivity index (χ1) is 8.93. The van der Waals surface area contributed by atoms with Crippen molar-refractivity contribution in [3.8, 4) is 0 Å². The van der Waals surface area contributed by atoms with Crippen LogP contribution in [0.5, 0.6) is 0 Å². The Labute approximate surface area is 123 Å². The Bertz CT molecular complexity index is 591. The summed E-state index contributed by atoms with van der Waals surface area (Å²) in [6.07, 6.45) is 0. The molecule has 0 bridgehead atoms. The number of para-hydroxylation sites is 1. The van der Waals surface area contributed by atoms with Crippen LogP contribution in [0.4, 0.5) is 5.69 Å². The molecule has 1 atom stereocenters. The standard InChI is InChI=1S/C11H8Cl2N2O3S/c12-7-8(11(17)18)19-15(9(7)13)6-4-2-1-3-5(6)10(14)16/h1-4,9H,(H2,14,16)(H,17,18). The van der Waals surface area contributed by atoms with Crippen molar-refractivity contribution in [1.82, 2.24) is 0 Å². The second-order valence-corrected chi connectivity index (χ2v) is 5.42. The topological polar surface area (TPSA) is 83.6 Å². The van der Waals surface area contributed by atoms with Crippen LogP contribution < -0.4 is 10.0 Å². The normalized spacial score (nSPS) is 18.8. The number of amides is 1. The molecule has 3 N–H and O–H groups in total. The maximum atomic E-state index is 11.4. The Morgan fingerprint density at radius 1 is 1.37 bits per heavy atom. The molecule has 1 aliphatic rings. The third-order valence-electron chi connectivity index (χ3n) is 2.42. The van der Waals surface area contributed by atoms with Crippen LogP contribution in [0.25, 0.3) is 0 Å². The molecule has 0 aliphatic carbocycles. The number of primary amides is 1. The lowest BCUT2D eigenvalue weighted by Gasteiger charge is -2.22. The summed E-state index contributed by atoms with van der Waals surface area (Å²) in [7, 11) is 0. The molecule has 1 aliphatic heterocycles. The number of nitrogens with zero attached hydrogens (tertiary/aromatic N) is 1. The average molecular weight is 319 g/mol. The van der Waals surface area contributed by atoms with Crippen molar-refractivity contribution in [3.05, 3.63) is 39.8 Å². The van der Waals surface area contributed by atoms with E-state index >= 15 is 0 Å². The molecule has 5 nitrogen and oxygen atoms in total. The van der Waals surface area contributed by atoms with Crippen molar-refractivity contribution in [2.45, 2.75) is 5.50 Å². The fraction of sp³-hybridized carbons (Fsp3) is 0.0909. The highest BCUT2D eigenvalue weighted by atomic mass is 35.5. The molecule has 0 aromatic heterocycles. The molecule has 100 valence electrons. The lowest BCUT2D eigenvalue weighted by molar-refractivity contribution is -0.131. The van der Waals surface area contributed by atoms with Crippen molar-refractivity contribution >= 4 is 52.7 Å². The molecular formula is C11H8Cl2N2O3S. The van der Waals surface area contributed by atoms with Gasteiger partial charge in [0.2, 0.25) is 0 Å². The number of hydrogen-bond donors (Lipinski definition) is 2. The van der Waals surface area contributed by atoms with Gasteiger partial charge in [-0.2, -0.15) is 0 Å². The van der Waals surface area contributed by atoms with Gasteiger partial charge < -0.3 is 10.8 Å². The van der Waals surface area contributed by atoms with Gasteiger partial charge >= 0.3 is 5.97 Å². The van der Waals surface area contributed by atoms with E-state index in [2.05, 4.69) is 0 Å². The molecule has 1 heterocycles. The number of halogens is 2. The highest BCUT2D eigenvalue weighted by Crippen LogP contribution is 2.45. The minimum absolute atomic E-state index is 0.0124. The number of aliphatic carboxylic acids is 1. The maximum absolute atomic E-state index is 11.4. The van der Waals surface area contributed by atoms with E-state index in [1.807, 2.05) is 0 Å². The molecule has 0 saturated heterocycles. The van der Waals surface area contributed by atoms with E-state index in [0.717, 1.165) is 11.9 Å². The molecule has 2 rings (SSSR count). The quantitative estimate of drug-likeness (QED) is 0.508. The molecular weight excluding hydrogens is 311 g/mol. The van der Waals surface area contributed by atoms with E-state index in [0.29, 0.717) is 5.69 Å². The minimum atomic E-state index is -1.17. The number of carbonyl (C=O) groups is 2. The van der Waals surface area contributed by atoms with Crippen molar-refractivity contribution in [3.63, 3.8) is 0 Å². The Morgan fingerprint density at radius 3 is 2.53 bits per heavy atom. The molecule has 1 unspecified atom stereocenters. The molecule has 1 aromatic carbocycles. The van der Waals surface area contributed by atoms with Gasteiger partial charge in [0.1, 0.15) is 4.91 Å². The summed E-state index contributed by atoms with van der Waals surface area (Å²) in [5.41, 5.74) is 5.09. The van der Waals surface area contributed by atoms with Gasteiger partial charge in [-0.3, -0.25) is 9.10 Å². The fourth-order valence-electron chi connectivity index (χ4n) is 1.59. The van der Waals surface area contributed by atoms with E-state index in [4.69, 9.17) is 34.0 Å². The largest absolute Gasteiger partial charge is 0.477 e. The third kappa shape index (κ3) is 2.51. The van der Waals surface area contributed by atoms with E-state index in [1.54, 1.807) is 18.2 Å². The summed E-state index contributed by atoms with van der Waals surface area (Å²) in [4.78, 5) is 22.3. The fourth-order valence-corrected chi connectivity index (χ4v) is 3.25. The Kier molecular flexibility index (Phi) is 3.93. The zero-order chi connectivity index (χ0) is 14.2. The zero-order valence-corrected chi connectivity index (χ0v) is 11.7. The number of alkyl halides is 1. The van der Waals surface area contributed by atoms with E-state index in [1.165, 1.54) is 10.4 Å². The summed E-state index contributed by atoms with van der Waals surface area (Å²) in [5, 5.41) is 9.02. The lowest BCUT2D eigenvalue weighted by Crippen LogP contribution is -2.23. The smallest absolute Gasteiger partial charge is 0.345 e. The summed E-state index contributed by atoms with van der Waals surface area (Å²) in [6, 6.07) is 6.51. The Morgan fingerprint density at radius 2 is 2.00 bits per heavy atom. The average Bonchev–Trinajstić information content (AvgIpc) is 2.66. The van der Waals surface area contributed by atoms with Gasteiger partial charge in [0, 0.05) is 0 Å². The summed E-state index contributed by atoms with van der Waals surface area (Å²) in [5.74, 6) is -1.79. The molecule has 1 amide bonds. The number of rotatable bonds is 3. The number of benzene rings is 1. The molecule has 0 spiro atoms. The summed E-state index contributed by atoms with van der Waals surface area (Å²) < 4.78 is 1.44. The number of nitrogens with two attached hydrogens (primary N) is 1. The number of carboxylic acids is 1. The molecule has 0 radical (unpaired) electrons. The SMILES string of the molecule is NC(=O)c1ccccc1N1SC(C(=O)O)=C(Cl)C1Cl. The van der Waals surface area contributed by atoms with Crippen LogP contribution in [0.1, 0.15) is 10.4 Å². The van der Waals surface area contributed by atoms with Gasteiger partial charge in [-0.05, 0) is 24.1 Å². The number of hydrogen-bond acceptors (Lipinski definition) is 4. The second kappa shape index (κ2) is 5.32. The van der Waals surface area contributed by atoms with Gasteiger partial charge in [-0.1, -0.05) is 35.3 Å². The van der Waals surface area contributed by atoms with Crippen molar-refractivity contribution in [2.24, 2.45) is 5.73 Å². The number of anilines is 1. The van der Waals surface area contributed by atoms with Crippen LogP contribution in [-0.2, 0) is 4.79 Å². The highest BCUT2D eigenvalue weighted by Gasteiger charge is 2.36. The van der Waals surface area contributed by atoms with Crippen molar-refractivity contribution < 1.29 is 14.7 Å². The predicted octanol–water partition coefficient (Wildman–Crippen LogP) is 2.35. The predicted molar refractivity (Wildman–Crippen MR) is 75.2 cm³/mol. The van der Waals surface area contributed by atoms with E-state index in [9.17, 15) is 9.59 Å². The lowest BCUT2D eigenvalue weighted by atomic mass is 10.1. The Hall–Kier alpha value is -1.37. The maximum Gasteiger partial charge on any atom is 0.345 e. The first kappa shape index (κ1) is 14.0.